The third-order valence-corrected chi connectivity index (χ3v) is 2.49. The van der Waals surface area contributed by atoms with Crippen LogP contribution in [0, 0.1) is 0 Å². The van der Waals surface area contributed by atoms with Gasteiger partial charge in [-0.3, -0.25) is 0 Å². The van der Waals surface area contributed by atoms with Crippen LogP contribution in [0.4, 0.5) is 0 Å². The number of aldehydes is 1. The summed E-state index contributed by atoms with van der Waals surface area (Å²) in [6.07, 6.45) is 5.00. The SMILES string of the molecule is O=CCCc1ccc2c(c1)CC2. The minimum atomic E-state index is 0.652. The molecule has 2 rings (SSSR count). The van der Waals surface area contributed by atoms with Gasteiger partial charge in [0.2, 0.25) is 0 Å². The van der Waals surface area contributed by atoms with E-state index in [1.807, 2.05) is 0 Å². The largest absolute Gasteiger partial charge is 0.303 e. The van der Waals surface area contributed by atoms with E-state index in [9.17, 15) is 4.79 Å². The summed E-state index contributed by atoms with van der Waals surface area (Å²) in [5.74, 6) is 0. The molecule has 0 saturated heterocycles. The quantitative estimate of drug-likeness (QED) is 0.617. The third-order valence-electron chi connectivity index (χ3n) is 2.49. The first-order valence-electron chi connectivity index (χ1n) is 4.44. The smallest absolute Gasteiger partial charge is 0.120 e. The number of benzene rings is 1. The van der Waals surface area contributed by atoms with E-state index in [-0.39, 0.29) is 0 Å². The molecule has 0 spiro atoms. The lowest BCUT2D eigenvalue weighted by Crippen LogP contribution is -2.08. The van der Waals surface area contributed by atoms with E-state index in [2.05, 4.69) is 18.2 Å². The highest BCUT2D eigenvalue weighted by Gasteiger charge is 2.11. The molecule has 0 saturated carbocycles. The van der Waals surface area contributed by atoms with E-state index >= 15 is 0 Å². The van der Waals surface area contributed by atoms with E-state index in [1.165, 1.54) is 29.5 Å². The van der Waals surface area contributed by atoms with Crippen molar-refractivity contribution in [1.82, 2.24) is 0 Å². The van der Waals surface area contributed by atoms with Crippen LogP contribution in [0.1, 0.15) is 23.1 Å². The van der Waals surface area contributed by atoms with Gasteiger partial charge in [-0.25, -0.2) is 0 Å². The van der Waals surface area contributed by atoms with Gasteiger partial charge in [-0.15, -0.1) is 0 Å². The molecule has 0 aliphatic heterocycles. The van der Waals surface area contributed by atoms with Crippen molar-refractivity contribution in [2.24, 2.45) is 0 Å². The van der Waals surface area contributed by atoms with Crippen LogP contribution in [0.25, 0.3) is 0 Å². The molecule has 1 nitrogen and oxygen atoms in total. The molecular weight excluding hydrogens is 148 g/mol. The molecule has 0 N–H and O–H groups in total. The van der Waals surface area contributed by atoms with Crippen molar-refractivity contribution in [2.75, 3.05) is 0 Å². The second kappa shape index (κ2) is 3.10. The van der Waals surface area contributed by atoms with Crippen LogP contribution in [0.5, 0.6) is 0 Å². The second-order valence-electron chi connectivity index (χ2n) is 3.31. The number of rotatable bonds is 3. The van der Waals surface area contributed by atoms with Gasteiger partial charge in [0.25, 0.3) is 0 Å². The minimum absolute atomic E-state index is 0.652. The van der Waals surface area contributed by atoms with E-state index < -0.39 is 0 Å². The molecule has 1 aliphatic rings. The zero-order chi connectivity index (χ0) is 8.39. The van der Waals surface area contributed by atoms with E-state index in [4.69, 9.17) is 0 Å². The Labute approximate surface area is 72.4 Å². The number of hydrogen-bond donors (Lipinski definition) is 0. The molecule has 0 heterocycles. The van der Waals surface area contributed by atoms with Gasteiger partial charge in [0, 0.05) is 6.42 Å². The molecule has 0 atom stereocenters. The van der Waals surface area contributed by atoms with Crippen molar-refractivity contribution < 1.29 is 4.79 Å². The highest BCUT2D eigenvalue weighted by atomic mass is 16.1. The summed E-state index contributed by atoms with van der Waals surface area (Å²) in [6, 6.07) is 6.57. The van der Waals surface area contributed by atoms with Gasteiger partial charge in [0.05, 0.1) is 0 Å². The Hall–Kier alpha value is -1.11. The molecule has 1 aliphatic carbocycles. The standard InChI is InChI=1S/C11H12O/c12-7-1-2-9-3-4-10-5-6-11(10)8-9/h3-4,7-8H,1-2,5-6H2. The van der Waals surface area contributed by atoms with Crippen molar-refractivity contribution >= 4 is 6.29 Å². The van der Waals surface area contributed by atoms with Gasteiger partial charge in [0.15, 0.2) is 0 Å². The average molecular weight is 160 g/mol. The van der Waals surface area contributed by atoms with Crippen molar-refractivity contribution in [1.29, 1.82) is 0 Å². The molecule has 62 valence electrons. The third kappa shape index (κ3) is 1.27. The van der Waals surface area contributed by atoms with Gasteiger partial charge in [-0.1, -0.05) is 18.2 Å². The average Bonchev–Trinajstić information content (AvgIpc) is 2.05. The summed E-state index contributed by atoms with van der Waals surface area (Å²) in [5.41, 5.74) is 4.28. The van der Waals surface area contributed by atoms with Gasteiger partial charge in [-0.2, -0.15) is 0 Å². The van der Waals surface area contributed by atoms with Crippen LogP contribution in [-0.4, -0.2) is 6.29 Å². The lowest BCUT2D eigenvalue weighted by atomic mass is 9.87. The normalized spacial score (nSPS) is 13.3. The second-order valence-corrected chi connectivity index (χ2v) is 3.31. The number of fused-ring (bicyclic) bond motifs is 1. The van der Waals surface area contributed by atoms with E-state index in [0.29, 0.717) is 6.42 Å². The zero-order valence-electron chi connectivity index (χ0n) is 7.05. The summed E-state index contributed by atoms with van der Waals surface area (Å²) in [4.78, 5) is 10.1. The van der Waals surface area contributed by atoms with Crippen molar-refractivity contribution in [3.8, 4) is 0 Å². The molecule has 0 aromatic heterocycles. The molecule has 1 aromatic rings. The van der Waals surface area contributed by atoms with E-state index in [1.54, 1.807) is 0 Å². The predicted octanol–water partition coefficient (Wildman–Crippen LogP) is 1.92. The van der Waals surface area contributed by atoms with Crippen LogP contribution in [0.3, 0.4) is 0 Å². The van der Waals surface area contributed by atoms with Crippen LogP contribution < -0.4 is 0 Å². The highest BCUT2D eigenvalue weighted by molar-refractivity contribution is 5.50. The number of hydrogen-bond acceptors (Lipinski definition) is 1. The van der Waals surface area contributed by atoms with Gasteiger partial charge in [0.1, 0.15) is 6.29 Å². The molecule has 0 amide bonds. The summed E-state index contributed by atoms with van der Waals surface area (Å²) < 4.78 is 0. The van der Waals surface area contributed by atoms with Crippen LogP contribution in [0.15, 0.2) is 18.2 Å². The lowest BCUT2D eigenvalue weighted by molar-refractivity contribution is -0.107. The van der Waals surface area contributed by atoms with Crippen molar-refractivity contribution in [3.05, 3.63) is 34.9 Å². The van der Waals surface area contributed by atoms with Gasteiger partial charge >= 0.3 is 0 Å². The Morgan fingerprint density at radius 1 is 1.25 bits per heavy atom. The van der Waals surface area contributed by atoms with Crippen LogP contribution in [0.2, 0.25) is 0 Å². The Morgan fingerprint density at radius 2 is 2.08 bits per heavy atom. The van der Waals surface area contributed by atoms with Gasteiger partial charge in [-0.05, 0) is 36.0 Å². The predicted molar refractivity (Wildman–Crippen MR) is 48.2 cm³/mol. The Morgan fingerprint density at radius 3 is 2.67 bits per heavy atom. The fourth-order valence-electron chi connectivity index (χ4n) is 1.63. The molecule has 1 aromatic carbocycles. The summed E-state index contributed by atoms with van der Waals surface area (Å²) in [6.45, 7) is 0. The number of aryl methyl sites for hydroxylation is 3. The van der Waals surface area contributed by atoms with Crippen LogP contribution in [-0.2, 0) is 24.1 Å². The molecule has 0 radical (unpaired) electrons. The van der Waals surface area contributed by atoms with Crippen LogP contribution >= 0.6 is 0 Å². The Balaban J connectivity index is 2.12. The summed E-state index contributed by atoms with van der Waals surface area (Å²) in [5, 5.41) is 0. The van der Waals surface area contributed by atoms with Crippen molar-refractivity contribution in [3.63, 3.8) is 0 Å². The fourth-order valence-corrected chi connectivity index (χ4v) is 1.63. The van der Waals surface area contributed by atoms with Crippen molar-refractivity contribution in [2.45, 2.75) is 25.7 Å². The monoisotopic (exact) mass is 160 g/mol. The Kier molecular flexibility index (Phi) is 1.94. The first kappa shape index (κ1) is 7.53. The molecule has 1 heteroatoms. The molecule has 0 bridgehead atoms. The number of carbonyl (C=O) groups excluding carboxylic acids is 1. The first-order valence-corrected chi connectivity index (χ1v) is 4.44. The minimum Gasteiger partial charge on any atom is -0.303 e. The topological polar surface area (TPSA) is 17.1 Å². The molecule has 12 heavy (non-hydrogen) atoms. The maximum atomic E-state index is 10.1. The highest BCUT2D eigenvalue weighted by Crippen LogP contribution is 2.23. The summed E-state index contributed by atoms with van der Waals surface area (Å²) >= 11 is 0. The molecule has 0 fully saturated rings. The Bertz CT molecular complexity index is 302. The summed E-state index contributed by atoms with van der Waals surface area (Å²) in [7, 11) is 0. The van der Waals surface area contributed by atoms with E-state index in [0.717, 1.165) is 12.7 Å². The first-order chi connectivity index (χ1) is 5.90. The molecule has 0 unspecified atom stereocenters. The maximum absolute atomic E-state index is 10.1. The fraction of sp³-hybridized carbons (Fsp3) is 0.364. The van der Waals surface area contributed by atoms with Gasteiger partial charge < -0.3 is 4.79 Å². The lowest BCUT2D eigenvalue weighted by Gasteiger charge is -2.18. The maximum Gasteiger partial charge on any atom is 0.120 e. The molecular formula is C11H12O. The zero-order valence-corrected chi connectivity index (χ0v) is 7.05. The number of carbonyl (C=O) groups is 1.